The molecule has 0 bridgehead atoms. The van der Waals surface area contributed by atoms with Crippen molar-refractivity contribution in [1.29, 1.82) is 0 Å². The number of carbonyl (C=O) groups excluding carboxylic acids is 1. The summed E-state index contributed by atoms with van der Waals surface area (Å²) >= 11 is 0. The molecule has 0 aromatic heterocycles. The second-order valence-corrected chi connectivity index (χ2v) is 4.51. The standard InChI is InChI=1S/C13H23NO3/c1-4-11(5-6-13(16)17)7-8-14-12(15)9-10(2)3/h9,11H,4-8H2,1-3H3,(H,14,15)(H,16,17). The molecule has 1 amide bonds. The minimum Gasteiger partial charge on any atom is -0.481 e. The summed E-state index contributed by atoms with van der Waals surface area (Å²) in [5, 5.41) is 11.4. The Bertz CT molecular complexity index is 280. The van der Waals surface area contributed by atoms with Crippen LogP contribution in [0.25, 0.3) is 0 Å². The first-order chi connectivity index (χ1) is 7.95. The van der Waals surface area contributed by atoms with Crippen LogP contribution in [-0.4, -0.2) is 23.5 Å². The molecule has 0 radical (unpaired) electrons. The van der Waals surface area contributed by atoms with E-state index < -0.39 is 5.97 Å². The highest BCUT2D eigenvalue weighted by Crippen LogP contribution is 2.14. The summed E-state index contributed by atoms with van der Waals surface area (Å²) in [5.41, 5.74) is 0.973. The molecular formula is C13H23NO3. The average Bonchev–Trinajstić information content (AvgIpc) is 2.21. The lowest BCUT2D eigenvalue weighted by atomic mass is 9.97. The topological polar surface area (TPSA) is 66.4 Å². The summed E-state index contributed by atoms with van der Waals surface area (Å²) < 4.78 is 0. The molecule has 17 heavy (non-hydrogen) atoms. The van der Waals surface area contributed by atoms with E-state index in [-0.39, 0.29) is 12.3 Å². The van der Waals surface area contributed by atoms with Crippen LogP contribution in [0.1, 0.15) is 46.5 Å². The highest BCUT2D eigenvalue weighted by molar-refractivity contribution is 5.87. The van der Waals surface area contributed by atoms with Crippen LogP contribution >= 0.6 is 0 Å². The second-order valence-electron chi connectivity index (χ2n) is 4.51. The van der Waals surface area contributed by atoms with E-state index in [2.05, 4.69) is 5.32 Å². The van der Waals surface area contributed by atoms with Gasteiger partial charge in [0.1, 0.15) is 0 Å². The minimum absolute atomic E-state index is 0.0712. The van der Waals surface area contributed by atoms with Gasteiger partial charge in [-0.15, -0.1) is 0 Å². The molecule has 1 unspecified atom stereocenters. The van der Waals surface area contributed by atoms with Crippen LogP contribution in [-0.2, 0) is 9.59 Å². The molecule has 0 heterocycles. The summed E-state index contributed by atoms with van der Waals surface area (Å²) in [6.07, 6.45) is 4.25. The molecule has 1 atom stereocenters. The number of hydrogen-bond acceptors (Lipinski definition) is 2. The van der Waals surface area contributed by atoms with E-state index in [1.54, 1.807) is 6.08 Å². The third-order valence-corrected chi connectivity index (χ3v) is 2.62. The van der Waals surface area contributed by atoms with Crippen LogP contribution < -0.4 is 5.32 Å². The summed E-state index contributed by atoms with van der Waals surface area (Å²) in [5.74, 6) is -0.451. The summed E-state index contributed by atoms with van der Waals surface area (Å²) in [4.78, 5) is 21.8. The fourth-order valence-electron chi connectivity index (χ4n) is 1.59. The molecule has 0 aliphatic heterocycles. The van der Waals surface area contributed by atoms with Crippen LogP contribution in [0.4, 0.5) is 0 Å². The SMILES string of the molecule is CCC(CCNC(=O)C=C(C)C)CCC(=O)O. The number of carboxylic acid groups (broad SMARTS) is 1. The molecule has 0 aliphatic rings. The molecule has 0 aliphatic carbocycles. The zero-order chi connectivity index (χ0) is 13.3. The molecule has 0 rings (SSSR count). The third-order valence-electron chi connectivity index (χ3n) is 2.62. The molecule has 4 nitrogen and oxygen atoms in total. The maximum Gasteiger partial charge on any atom is 0.303 e. The molecule has 4 heteroatoms. The highest BCUT2D eigenvalue weighted by atomic mass is 16.4. The monoisotopic (exact) mass is 241 g/mol. The highest BCUT2D eigenvalue weighted by Gasteiger charge is 2.09. The fraction of sp³-hybridized carbons (Fsp3) is 0.692. The van der Waals surface area contributed by atoms with Crippen LogP contribution in [0.2, 0.25) is 0 Å². The number of carbonyl (C=O) groups is 2. The van der Waals surface area contributed by atoms with Crippen molar-refractivity contribution in [3.8, 4) is 0 Å². The van der Waals surface area contributed by atoms with Gasteiger partial charge in [0.25, 0.3) is 0 Å². The Labute approximate surface area is 103 Å². The first-order valence-corrected chi connectivity index (χ1v) is 6.10. The van der Waals surface area contributed by atoms with Gasteiger partial charge in [-0.05, 0) is 32.6 Å². The molecule has 2 N–H and O–H groups in total. The molecule has 0 aromatic carbocycles. The lowest BCUT2D eigenvalue weighted by molar-refractivity contribution is -0.137. The first kappa shape index (κ1) is 15.7. The van der Waals surface area contributed by atoms with Crippen molar-refractivity contribution in [2.24, 2.45) is 5.92 Å². The van der Waals surface area contributed by atoms with E-state index in [0.717, 1.165) is 18.4 Å². The van der Waals surface area contributed by atoms with Crippen molar-refractivity contribution in [2.45, 2.75) is 46.5 Å². The summed E-state index contributed by atoms with van der Waals surface area (Å²) in [6, 6.07) is 0. The van der Waals surface area contributed by atoms with Crippen molar-refractivity contribution in [1.82, 2.24) is 5.32 Å². The van der Waals surface area contributed by atoms with E-state index >= 15 is 0 Å². The summed E-state index contributed by atoms with van der Waals surface area (Å²) in [7, 11) is 0. The van der Waals surface area contributed by atoms with Gasteiger partial charge in [-0.3, -0.25) is 9.59 Å². The molecule has 0 spiro atoms. The average molecular weight is 241 g/mol. The lowest BCUT2D eigenvalue weighted by Crippen LogP contribution is -2.24. The number of allylic oxidation sites excluding steroid dienone is 1. The Hall–Kier alpha value is -1.32. The Balaban J connectivity index is 3.80. The fourth-order valence-corrected chi connectivity index (χ4v) is 1.59. The predicted molar refractivity (Wildman–Crippen MR) is 67.7 cm³/mol. The molecule has 98 valence electrons. The van der Waals surface area contributed by atoms with Crippen LogP contribution in [0, 0.1) is 5.92 Å². The smallest absolute Gasteiger partial charge is 0.303 e. The maximum atomic E-state index is 11.3. The normalized spacial score (nSPS) is 11.7. The van der Waals surface area contributed by atoms with Gasteiger partial charge >= 0.3 is 5.97 Å². The molecule has 0 aromatic rings. The molecule has 0 saturated carbocycles. The maximum absolute atomic E-state index is 11.3. The van der Waals surface area contributed by atoms with Crippen LogP contribution in [0.15, 0.2) is 11.6 Å². The van der Waals surface area contributed by atoms with Crippen molar-refractivity contribution in [3.05, 3.63) is 11.6 Å². The largest absolute Gasteiger partial charge is 0.481 e. The Morgan fingerprint density at radius 3 is 2.41 bits per heavy atom. The van der Waals surface area contributed by atoms with Gasteiger partial charge in [-0.25, -0.2) is 0 Å². The minimum atomic E-state index is -0.753. The number of carboxylic acids is 1. The van der Waals surface area contributed by atoms with E-state index in [9.17, 15) is 9.59 Å². The number of amides is 1. The molecule has 0 fully saturated rings. The zero-order valence-corrected chi connectivity index (χ0v) is 11.0. The Morgan fingerprint density at radius 2 is 1.94 bits per heavy atom. The van der Waals surface area contributed by atoms with Crippen molar-refractivity contribution >= 4 is 11.9 Å². The quantitative estimate of drug-likeness (QED) is 0.641. The second kappa shape index (κ2) is 8.79. The van der Waals surface area contributed by atoms with Crippen molar-refractivity contribution in [3.63, 3.8) is 0 Å². The number of hydrogen-bond donors (Lipinski definition) is 2. The van der Waals surface area contributed by atoms with Gasteiger partial charge in [0.2, 0.25) is 5.91 Å². The van der Waals surface area contributed by atoms with E-state index in [1.807, 2.05) is 20.8 Å². The van der Waals surface area contributed by atoms with Crippen LogP contribution in [0.5, 0.6) is 0 Å². The van der Waals surface area contributed by atoms with Crippen LogP contribution in [0.3, 0.4) is 0 Å². The Kier molecular flexibility index (Phi) is 8.11. The van der Waals surface area contributed by atoms with Gasteiger partial charge in [0, 0.05) is 19.0 Å². The van der Waals surface area contributed by atoms with E-state index in [4.69, 9.17) is 5.11 Å². The number of nitrogens with one attached hydrogen (secondary N) is 1. The van der Waals surface area contributed by atoms with Crippen molar-refractivity contribution in [2.75, 3.05) is 6.54 Å². The summed E-state index contributed by atoms with van der Waals surface area (Å²) in [6.45, 7) is 6.41. The third kappa shape index (κ3) is 9.60. The van der Waals surface area contributed by atoms with E-state index in [1.165, 1.54) is 0 Å². The van der Waals surface area contributed by atoms with Gasteiger partial charge in [0.15, 0.2) is 0 Å². The van der Waals surface area contributed by atoms with E-state index in [0.29, 0.717) is 18.9 Å². The number of rotatable bonds is 8. The zero-order valence-electron chi connectivity index (χ0n) is 11.0. The lowest BCUT2D eigenvalue weighted by Gasteiger charge is -2.13. The molecule has 0 saturated heterocycles. The Morgan fingerprint density at radius 1 is 1.29 bits per heavy atom. The predicted octanol–water partition coefficient (Wildman–Crippen LogP) is 2.35. The van der Waals surface area contributed by atoms with Crippen molar-refractivity contribution < 1.29 is 14.7 Å². The van der Waals surface area contributed by atoms with Gasteiger partial charge in [0.05, 0.1) is 0 Å². The van der Waals surface area contributed by atoms with Gasteiger partial charge in [-0.1, -0.05) is 18.9 Å². The van der Waals surface area contributed by atoms with Gasteiger partial charge in [-0.2, -0.15) is 0 Å². The molecular weight excluding hydrogens is 218 g/mol. The first-order valence-electron chi connectivity index (χ1n) is 6.10. The van der Waals surface area contributed by atoms with Gasteiger partial charge < -0.3 is 10.4 Å². The number of aliphatic carboxylic acids is 1.